The fraction of sp³-hybridized carbons (Fsp3) is 0.636. The summed E-state index contributed by atoms with van der Waals surface area (Å²) in [6.07, 6.45) is 10.5. The predicted molar refractivity (Wildman–Crippen MR) is 112 cm³/mol. The maximum Gasteiger partial charge on any atom is 0.212 e. The van der Waals surface area contributed by atoms with Gasteiger partial charge in [-0.25, -0.2) is 13.1 Å². The molecule has 1 aromatic carbocycles. The standard InChI is InChI=1S/C22H35NO3S/c1-18(23-27(24,25)16-9-5-8-15-22(2,3)4)19-11-10-14-21(17-19)26-20-12-6-7-13-20/h5,8,10-11,14,17-18,20,23H,6-7,9,12-13,15-16H2,1-4H3/b8-5+/t18-/m1/s1. The van der Waals surface area contributed by atoms with E-state index in [9.17, 15) is 8.42 Å². The Morgan fingerprint density at radius 3 is 2.59 bits per heavy atom. The van der Waals surface area contributed by atoms with Crippen LogP contribution in [0.5, 0.6) is 5.75 Å². The molecule has 1 saturated carbocycles. The van der Waals surface area contributed by atoms with Crippen molar-refractivity contribution in [1.29, 1.82) is 0 Å². The molecule has 1 aliphatic rings. The van der Waals surface area contributed by atoms with E-state index in [2.05, 4.69) is 31.6 Å². The summed E-state index contributed by atoms with van der Waals surface area (Å²) in [5, 5.41) is 0. The Bertz CT molecular complexity index is 713. The topological polar surface area (TPSA) is 55.4 Å². The van der Waals surface area contributed by atoms with Crippen LogP contribution in [0, 0.1) is 5.41 Å². The molecule has 0 unspecified atom stereocenters. The summed E-state index contributed by atoms with van der Waals surface area (Å²) in [5.74, 6) is 0.937. The van der Waals surface area contributed by atoms with Gasteiger partial charge in [-0.3, -0.25) is 0 Å². The Hall–Kier alpha value is -1.33. The van der Waals surface area contributed by atoms with Crippen molar-refractivity contribution in [3.63, 3.8) is 0 Å². The van der Waals surface area contributed by atoms with E-state index in [0.717, 1.165) is 30.6 Å². The summed E-state index contributed by atoms with van der Waals surface area (Å²) in [7, 11) is -3.32. The number of nitrogens with one attached hydrogen (secondary N) is 1. The molecule has 1 fully saturated rings. The van der Waals surface area contributed by atoms with Gasteiger partial charge in [0.2, 0.25) is 10.0 Å². The van der Waals surface area contributed by atoms with Gasteiger partial charge in [-0.05, 0) is 68.6 Å². The molecule has 27 heavy (non-hydrogen) atoms. The summed E-state index contributed by atoms with van der Waals surface area (Å²) in [6, 6.07) is 7.50. The zero-order valence-electron chi connectivity index (χ0n) is 17.2. The summed E-state index contributed by atoms with van der Waals surface area (Å²) in [6.45, 7) is 8.38. The molecule has 1 atom stereocenters. The molecule has 1 N–H and O–H groups in total. The van der Waals surface area contributed by atoms with Gasteiger partial charge in [-0.15, -0.1) is 0 Å². The van der Waals surface area contributed by atoms with Crippen LogP contribution in [-0.2, 0) is 10.0 Å². The quantitative estimate of drug-likeness (QED) is 0.574. The van der Waals surface area contributed by atoms with E-state index >= 15 is 0 Å². The van der Waals surface area contributed by atoms with Crippen LogP contribution in [0.4, 0.5) is 0 Å². The number of ether oxygens (including phenoxy) is 1. The van der Waals surface area contributed by atoms with Crippen LogP contribution in [0.25, 0.3) is 0 Å². The first kappa shape index (κ1) is 22.0. The van der Waals surface area contributed by atoms with Gasteiger partial charge in [0, 0.05) is 6.04 Å². The Kier molecular flexibility index (Phi) is 7.92. The van der Waals surface area contributed by atoms with Crippen molar-refractivity contribution in [2.45, 2.75) is 78.4 Å². The first-order valence-electron chi connectivity index (χ1n) is 10.1. The molecule has 1 aliphatic carbocycles. The molecule has 0 radical (unpaired) electrons. The Morgan fingerprint density at radius 2 is 1.93 bits per heavy atom. The molecule has 0 bridgehead atoms. The molecule has 0 heterocycles. The highest BCUT2D eigenvalue weighted by molar-refractivity contribution is 7.89. The van der Waals surface area contributed by atoms with Crippen LogP contribution in [-0.4, -0.2) is 20.3 Å². The Labute approximate surface area is 165 Å². The average Bonchev–Trinajstić information content (AvgIpc) is 3.06. The molecular weight excluding hydrogens is 358 g/mol. The highest BCUT2D eigenvalue weighted by atomic mass is 32.2. The van der Waals surface area contributed by atoms with E-state index in [-0.39, 0.29) is 17.2 Å². The summed E-state index contributed by atoms with van der Waals surface area (Å²) in [4.78, 5) is 0. The maximum absolute atomic E-state index is 12.4. The third-order valence-corrected chi connectivity index (χ3v) is 6.26. The third-order valence-electron chi connectivity index (χ3n) is 4.77. The molecule has 2 rings (SSSR count). The van der Waals surface area contributed by atoms with Crippen LogP contribution in [0.3, 0.4) is 0 Å². The van der Waals surface area contributed by atoms with E-state index in [1.165, 1.54) is 12.8 Å². The smallest absolute Gasteiger partial charge is 0.212 e. The Balaban J connectivity index is 1.86. The van der Waals surface area contributed by atoms with E-state index in [1.54, 1.807) is 0 Å². The van der Waals surface area contributed by atoms with Crippen molar-refractivity contribution >= 4 is 10.0 Å². The molecule has 0 amide bonds. The van der Waals surface area contributed by atoms with Gasteiger partial charge < -0.3 is 4.74 Å². The molecule has 0 spiro atoms. The number of hydrogen-bond acceptors (Lipinski definition) is 3. The second-order valence-corrected chi connectivity index (χ2v) is 10.7. The maximum atomic E-state index is 12.4. The summed E-state index contributed by atoms with van der Waals surface area (Å²) >= 11 is 0. The highest BCUT2D eigenvalue weighted by Gasteiger charge is 2.18. The van der Waals surface area contributed by atoms with Crippen molar-refractivity contribution in [1.82, 2.24) is 4.72 Å². The monoisotopic (exact) mass is 393 g/mol. The number of hydrogen-bond donors (Lipinski definition) is 1. The van der Waals surface area contributed by atoms with Crippen molar-refractivity contribution < 1.29 is 13.2 Å². The zero-order valence-corrected chi connectivity index (χ0v) is 18.0. The fourth-order valence-electron chi connectivity index (χ4n) is 3.23. The largest absolute Gasteiger partial charge is 0.490 e. The SMILES string of the molecule is C[C@@H](NS(=O)(=O)CC/C=C/CC(C)(C)C)c1cccc(OC2CCCC2)c1. The second-order valence-electron chi connectivity index (χ2n) is 8.78. The molecule has 5 heteroatoms. The van der Waals surface area contributed by atoms with Gasteiger partial charge in [0.05, 0.1) is 11.9 Å². The lowest BCUT2D eigenvalue weighted by atomic mass is 9.92. The first-order chi connectivity index (χ1) is 12.6. The lowest BCUT2D eigenvalue weighted by molar-refractivity contribution is 0.210. The number of benzene rings is 1. The van der Waals surface area contributed by atoms with Gasteiger partial charge in [0.1, 0.15) is 5.75 Å². The number of allylic oxidation sites excluding steroid dienone is 2. The minimum Gasteiger partial charge on any atom is -0.490 e. The Morgan fingerprint density at radius 1 is 1.22 bits per heavy atom. The van der Waals surface area contributed by atoms with Gasteiger partial charge in [-0.1, -0.05) is 45.1 Å². The zero-order chi connectivity index (χ0) is 19.9. The van der Waals surface area contributed by atoms with E-state index < -0.39 is 10.0 Å². The molecular formula is C22H35NO3S. The van der Waals surface area contributed by atoms with Crippen LogP contribution in [0.15, 0.2) is 36.4 Å². The second kappa shape index (κ2) is 9.74. The first-order valence-corrected chi connectivity index (χ1v) is 11.7. The summed E-state index contributed by atoms with van der Waals surface area (Å²) in [5.41, 5.74) is 1.16. The summed E-state index contributed by atoms with van der Waals surface area (Å²) < 4.78 is 33.5. The molecule has 1 aromatic rings. The van der Waals surface area contributed by atoms with Crippen LogP contribution >= 0.6 is 0 Å². The molecule has 0 saturated heterocycles. The van der Waals surface area contributed by atoms with Gasteiger partial charge in [0.15, 0.2) is 0 Å². The lowest BCUT2D eigenvalue weighted by Gasteiger charge is -2.17. The average molecular weight is 394 g/mol. The highest BCUT2D eigenvalue weighted by Crippen LogP contribution is 2.26. The van der Waals surface area contributed by atoms with Crippen molar-refractivity contribution in [2.24, 2.45) is 5.41 Å². The molecule has 0 aromatic heterocycles. The van der Waals surface area contributed by atoms with Crippen molar-refractivity contribution in [3.05, 3.63) is 42.0 Å². The normalized spacial score (nSPS) is 17.5. The van der Waals surface area contributed by atoms with E-state index in [0.29, 0.717) is 12.5 Å². The number of sulfonamides is 1. The third kappa shape index (κ3) is 8.48. The fourth-order valence-corrected chi connectivity index (χ4v) is 4.47. The minimum absolute atomic E-state index is 0.107. The minimum atomic E-state index is -3.32. The predicted octanol–water partition coefficient (Wildman–Crippen LogP) is 5.37. The van der Waals surface area contributed by atoms with Crippen LogP contribution in [0.1, 0.15) is 77.8 Å². The van der Waals surface area contributed by atoms with Gasteiger partial charge in [0.25, 0.3) is 0 Å². The van der Waals surface area contributed by atoms with Crippen molar-refractivity contribution in [2.75, 3.05) is 5.75 Å². The van der Waals surface area contributed by atoms with Gasteiger partial charge in [-0.2, -0.15) is 0 Å². The molecule has 4 nitrogen and oxygen atoms in total. The van der Waals surface area contributed by atoms with Gasteiger partial charge >= 0.3 is 0 Å². The van der Waals surface area contributed by atoms with Crippen LogP contribution < -0.4 is 9.46 Å². The molecule has 152 valence electrons. The van der Waals surface area contributed by atoms with E-state index in [1.807, 2.05) is 37.3 Å². The lowest BCUT2D eigenvalue weighted by Crippen LogP contribution is -2.29. The van der Waals surface area contributed by atoms with Crippen LogP contribution in [0.2, 0.25) is 0 Å². The van der Waals surface area contributed by atoms with Crippen molar-refractivity contribution in [3.8, 4) is 5.75 Å². The van der Waals surface area contributed by atoms with E-state index in [4.69, 9.17) is 4.74 Å². The molecule has 0 aliphatic heterocycles. The number of rotatable bonds is 9.